The van der Waals surface area contributed by atoms with E-state index in [1.807, 2.05) is 0 Å². The number of rotatable bonds is 2. The van der Waals surface area contributed by atoms with E-state index in [4.69, 9.17) is 23.2 Å². The van der Waals surface area contributed by atoms with Gasteiger partial charge in [-0.15, -0.1) is 21.5 Å². The van der Waals surface area contributed by atoms with Crippen molar-refractivity contribution in [1.29, 1.82) is 0 Å². The summed E-state index contributed by atoms with van der Waals surface area (Å²) in [7, 11) is 0. The van der Waals surface area contributed by atoms with E-state index in [0.717, 1.165) is 11.3 Å². The Morgan fingerprint density at radius 2 is 2.14 bits per heavy atom. The van der Waals surface area contributed by atoms with Crippen LogP contribution >= 0.6 is 34.5 Å². The third kappa shape index (κ3) is 2.47. The van der Waals surface area contributed by atoms with E-state index in [-0.39, 0.29) is 23.0 Å². The molecule has 10 heteroatoms. The third-order valence-corrected chi connectivity index (χ3v) is 4.98. The summed E-state index contributed by atoms with van der Waals surface area (Å²) in [5, 5.41) is 17.3. The summed E-state index contributed by atoms with van der Waals surface area (Å²) in [5.74, 6) is -0.414. The molecule has 0 bridgehead atoms. The first-order valence-corrected chi connectivity index (χ1v) is 7.83. The van der Waals surface area contributed by atoms with Crippen molar-refractivity contribution in [3.05, 3.63) is 32.0 Å². The van der Waals surface area contributed by atoms with Crippen LogP contribution in [0.3, 0.4) is 0 Å². The van der Waals surface area contributed by atoms with Gasteiger partial charge in [0, 0.05) is 0 Å². The van der Waals surface area contributed by atoms with Crippen molar-refractivity contribution in [2.24, 2.45) is 0 Å². The number of carboxylic acid groups (broad SMARTS) is 1. The van der Waals surface area contributed by atoms with Gasteiger partial charge in [-0.1, -0.05) is 23.2 Å². The van der Waals surface area contributed by atoms with Crippen LogP contribution in [0.5, 0.6) is 0 Å². The summed E-state index contributed by atoms with van der Waals surface area (Å²) in [5.41, 5.74) is 0.201. The molecular weight excluding hydrogens is 351 g/mol. The van der Waals surface area contributed by atoms with Crippen molar-refractivity contribution in [1.82, 2.24) is 19.7 Å². The van der Waals surface area contributed by atoms with Crippen molar-refractivity contribution in [3.63, 3.8) is 0 Å². The molecule has 3 heterocycles. The molecule has 0 aromatic carbocycles. The number of halogens is 2. The first-order chi connectivity index (χ1) is 10.4. The van der Waals surface area contributed by atoms with Gasteiger partial charge in [-0.05, 0) is 13.0 Å². The van der Waals surface area contributed by atoms with Crippen molar-refractivity contribution in [3.8, 4) is 0 Å². The Bertz CT molecular complexity index is 773. The molecule has 1 N–H and O–H groups in total. The second-order valence-electron chi connectivity index (χ2n) is 4.80. The number of fused-ring (bicyclic) bond motifs is 1. The molecule has 1 aliphatic heterocycles. The number of aryl methyl sites for hydroxylation is 1. The highest BCUT2D eigenvalue weighted by Crippen LogP contribution is 2.33. The maximum absolute atomic E-state index is 12.6. The van der Waals surface area contributed by atoms with Gasteiger partial charge < -0.3 is 14.6 Å². The van der Waals surface area contributed by atoms with Crippen LogP contribution in [0.25, 0.3) is 0 Å². The Morgan fingerprint density at radius 1 is 1.41 bits per heavy atom. The minimum absolute atomic E-state index is 0.0560. The normalized spacial score (nSPS) is 17.4. The number of hydrogen-bond acceptors (Lipinski definition) is 5. The van der Waals surface area contributed by atoms with E-state index >= 15 is 0 Å². The molecule has 7 nitrogen and oxygen atoms in total. The van der Waals surface area contributed by atoms with Crippen molar-refractivity contribution < 1.29 is 14.7 Å². The molecule has 1 atom stereocenters. The van der Waals surface area contributed by atoms with Crippen LogP contribution in [0.4, 0.5) is 0 Å². The summed E-state index contributed by atoms with van der Waals surface area (Å²) in [4.78, 5) is 25.4. The number of carbonyl (C=O) groups is 2. The quantitative estimate of drug-likeness (QED) is 0.885. The van der Waals surface area contributed by atoms with Crippen LogP contribution in [0, 0.1) is 6.92 Å². The number of hydrogen-bond donors (Lipinski definition) is 1. The smallest absolute Gasteiger partial charge is 0.328 e. The van der Waals surface area contributed by atoms with Gasteiger partial charge >= 0.3 is 5.97 Å². The molecule has 0 saturated heterocycles. The van der Waals surface area contributed by atoms with E-state index in [9.17, 15) is 14.7 Å². The average Bonchev–Trinajstić information content (AvgIpc) is 2.99. The van der Waals surface area contributed by atoms with Crippen LogP contribution < -0.4 is 0 Å². The van der Waals surface area contributed by atoms with Crippen LogP contribution in [0.2, 0.25) is 8.67 Å². The lowest BCUT2D eigenvalue weighted by Crippen LogP contribution is -2.50. The fraction of sp³-hybridized carbons (Fsp3) is 0.333. The van der Waals surface area contributed by atoms with E-state index in [0.29, 0.717) is 16.0 Å². The Balaban J connectivity index is 1.99. The van der Waals surface area contributed by atoms with E-state index < -0.39 is 17.9 Å². The van der Waals surface area contributed by atoms with Gasteiger partial charge in [0.25, 0.3) is 5.91 Å². The maximum atomic E-state index is 12.6. The average molecular weight is 361 g/mol. The van der Waals surface area contributed by atoms with Gasteiger partial charge in [0.15, 0.2) is 5.82 Å². The zero-order valence-corrected chi connectivity index (χ0v) is 13.6. The summed E-state index contributed by atoms with van der Waals surface area (Å²) < 4.78 is 2.31. The van der Waals surface area contributed by atoms with Crippen LogP contribution in [-0.4, -0.2) is 42.7 Å². The molecule has 1 aliphatic rings. The third-order valence-electron chi connectivity index (χ3n) is 3.49. The molecule has 0 radical (unpaired) electrons. The summed E-state index contributed by atoms with van der Waals surface area (Å²) >= 11 is 12.9. The van der Waals surface area contributed by atoms with Crippen molar-refractivity contribution >= 4 is 46.4 Å². The zero-order chi connectivity index (χ0) is 16.0. The van der Waals surface area contributed by atoms with Crippen LogP contribution in [0.1, 0.15) is 22.0 Å². The Hall–Kier alpha value is -1.64. The largest absolute Gasteiger partial charge is 0.480 e. The van der Waals surface area contributed by atoms with E-state index in [1.54, 1.807) is 11.5 Å². The lowest BCUT2D eigenvalue weighted by atomic mass is 10.1. The summed E-state index contributed by atoms with van der Waals surface area (Å²) in [6, 6.07) is 0.435. The SMILES string of the molecule is Cc1nnc2n1CC(C(=O)O)N(C(=O)c1cc(Cl)sc1Cl)C2. The molecule has 1 unspecified atom stereocenters. The summed E-state index contributed by atoms with van der Waals surface area (Å²) in [6.45, 7) is 1.90. The van der Waals surface area contributed by atoms with Gasteiger partial charge in [-0.25, -0.2) is 4.79 Å². The van der Waals surface area contributed by atoms with Gasteiger partial charge in [0.05, 0.1) is 23.0 Å². The maximum Gasteiger partial charge on any atom is 0.328 e. The topological polar surface area (TPSA) is 88.3 Å². The predicted molar refractivity (Wildman–Crippen MR) is 80.4 cm³/mol. The molecule has 2 aromatic rings. The number of thiophene rings is 1. The number of amides is 1. The highest BCUT2D eigenvalue weighted by molar-refractivity contribution is 7.20. The number of aromatic nitrogens is 3. The lowest BCUT2D eigenvalue weighted by molar-refractivity contribution is -0.143. The molecule has 0 saturated carbocycles. The summed E-state index contributed by atoms with van der Waals surface area (Å²) in [6.07, 6.45) is 0. The van der Waals surface area contributed by atoms with Gasteiger partial charge in [0.1, 0.15) is 16.2 Å². The molecule has 2 aromatic heterocycles. The van der Waals surface area contributed by atoms with E-state index in [2.05, 4.69) is 10.2 Å². The second kappa shape index (κ2) is 5.53. The van der Waals surface area contributed by atoms with Crippen molar-refractivity contribution in [2.45, 2.75) is 26.1 Å². The molecule has 22 heavy (non-hydrogen) atoms. The first-order valence-electron chi connectivity index (χ1n) is 6.25. The molecule has 1 amide bonds. The molecule has 116 valence electrons. The highest BCUT2D eigenvalue weighted by atomic mass is 35.5. The molecule has 0 aliphatic carbocycles. The van der Waals surface area contributed by atoms with E-state index in [1.165, 1.54) is 11.0 Å². The van der Waals surface area contributed by atoms with Gasteiger partial charge in [-0.3, -0.25) is 4.79 Å². The number of aliphatic carboxylic acids is 1. The predicted octanol–water partition coefficient (Wildman–Crippen LogP) is 2.06. The molecule has 0 spiro atoms. The van der Waals surface area contributed by atoms with Crippen molar-refractivity contribution in [2.75, 3.05) is 0 Å². The van der Waals surface area contributed by atoms with Crippen LogP contribution in [0.15, 0.2) is 6.07 Å². The Kier molecular flexibility index (Phi) is 3.84. The Labute approximate surface area is 139 Å². The minimum Gasteiger partial charge on any atom is -0.480 e. The zero-order valence-electron chi connectivity index (χ0n) is 11.3. The fourth-order valence-corrected chi connectivity index (χ4v) is 3.83. The second-order valence-corrected chi connectivity index (χ2v) is 7.08. The lowest BCUT2D eigenvalue weighted by Gasteiger charge is -2.33. The molecule has 0 fully saturated rings. The fourth-order valence-electron chi connectivity index (χ4n) is 2.38. The standard InChI is InChI=1S/C12H10Cl2N4O3S/c1-5-15-16-9-4-18(7(12(20)21)3-17(5)9)11(19)6-2-8(13)22-10(6)14/h2,7H,3-4H2,1H3,(H,20,21). The molecular formula is C12H10Cl2N4O3S. The monoisotopic (exact) mass is 360 g/mol. The van der Waals surface area contributed by atoms with Gasteiger partial charge in [-0.2, -0.15) is 0 Å². The van der Waals surface area contributed by atoms with Crippen LogP contribution in [-0.2, 0) is 17.9 Å². The number of nitrogens with zero attached hydrogens (tertiary/aromatic N) is 4. The Morgan fingerprint density at radius 3 is 2.73 bits per heavy atom. The number of carboxylic acids is 1. The minimum atomic E-state index is -1.09. The molecule has 3 rings (SSSR count). The number of carbonyl (C=O) groups excluding carboxylic acids is 1. The van der Waals surface area contributed by atoms with Gasteiger partial charge in [0.2, 0.25) is 0 Å². The highest BCUT2D eigenvalue weighted by Gasteiger charge is 2.37. The first kappa shape index (κ1) is 15.3.